The average molecular weight is 440 g/mol. The molecule has 3 aromatic rings. The van der Waals surface area contributed by atoms with Gasteiger partial charge < -0.3 is 20.9 Å². The van der Waals surface area contributed by atoms with Crippen molar-refractivity contribution >= 4 is 11.6 Å². The summed E-state index contributed by atoms with van der Waals surface area (Å²) in [6.45, 7) is 0. The van der Waals surface area contributed by atoms with E-state index in [2.05, 4.69) is 20.0 Å². The fraction of sp³-hybridized carbons (Fsp3) is 0.105. The first-order valence-corrected chi connectivity index (χ1v) is 8.46. The van der Waals surface area contributed by atoms with Gasteiger partial charge in [-0.3, -0.25) is 9.78 Å². The lowest BCUT2D eigenvalue weighted by molar-refractivity contribution is -0.275. The zero-order valence-corrected chi connectivity index (χ0v) is 15.3. The van der Waals surface area contributed by atoms with E-state index in [9.17, 15) is 31.9 Å². The predicted octanol–water partition coefficient (Wildman–Crippen LogP) is 3.46. The average Bonchev–Trinajstić information content (AvgIpc) is 2.69. The Morgan fingerprint density at radius 1 is 1.13 bits per heavy atom. The predicted molar refractivity (Wildman–Crippen MR) is 96.9 cm³/mol. The molecule has 0 bridgehead atoms. The lowest BCUT2D eigenvalue weighted by atomic mass is 10.0. The monoisotopic (exact) mass is 440 g/mol. The number of aromatic hydroxyl groups is 1. The van der Waals surface area contributed by atoms with Crippen LogP contribution in [0.1, 0.15) is 27.8 Å². The molecule has 3 rings (SSSR count). The van der Waals surface area contributed by atoms with Gasteiger partial charge in [-0.15, -0.1) is 13.2 Å². The minimum atomic E-state index is -5.12. The minimum Gasteiger partial charge on any atom is -0.504 e. The van der Waals surface area contributed by atoms with E-state index in [1.54, 1.807) is 0 Å². The molecule has 0 saturated heterocycles. The Morgan fingerprint density at radius 3 is 2.48 bits per heavy atom. The summed E-state index contributed by atoms with van der Waals surface area (Å²) in [5.74, 6) is -4.61. The standard InChI is InChI=1S/C19H13F5N4O3/c20-10-2-1-5-26-17(10)16(28-18(30)13-7-12(25)14(29)8-27-13)9-3-4-15(11(21)6-9)31-19(22,23)24/h1-8,16,29H,(H2,25,27)(H,28,30). The molecule has 162 valence electrons. The van der Waals surface area contributed by atoms with Gasteiger partial charge in [0.2, 0.25) is 0 Å². The molecule has 1 unspecified atom stereocenters. The maximum atomic E-state index is 14.3. The molecule has 0 spiro atoms. The van der Waals surface area contributed by atoms with Crippen molar-refractivity contribution in [2.24, 2.45) is 0 Å². The first-order valence-electron chi connectivity index (χ1n) is 8.46. The molecule has 1 amide bonds. The number of alkyl halides is 3. The third-order valence-corrected chi connectivity index (χ3v) is 4.00. The van der Waals surface area contributed by atoms with E-state index in [1.165, 1.54) is 12.3 Å². The molecular weight excluding hydrogens is 427 g/mol. The summed E-state index contributed by atoms with van der Waals surface area (Å²) in [5.41, 5.74) is 4.67. The van der Waals surface area contributed by atoms with Crippen molar-refractivity contribution in [3.05, 3.63) is 77.4 Å². The Kier molecular flexibility index (Phi) is 5.90. The molecule has 0 aliphatic carbocycles. The van der Waals surface area contributed by atoms with Crippen molar-refractivity contribution in [2.45, 2.75) is 12.4 Å². The first kappa shape index (κ1) is 21.7. The van der Waals surface area contributed by atoms with Crippen LogP contribution >= 0.6 is 0 Å². The van der Waals surface area contributed by atoms with Gasteiger partial charge in [-0.2, -0.15) is 0 Å². The number of ether oxygens (including phenoxy) is 1. The Hall–Kier alpha value is -3.96. The first-order chi connectivity index (χ1) is 14.5. The normalized spacial score (nSPS) is 12.3. The van der Waals surface area contributed by atoms with Crippen LogP contribution in [-0.4, -0.2) is 27.3 Å². The summed E-state index contributed by atoms with van der Waals surface area (Å²) in [6, 6.07) is 4.32. The van der Waals surface area contributed by atoms with Crippen LogP contribution in [0.4, 0.5) is 27.6 Å². The van der Waals surface area contributed by atoms with Gasteiger partial charge in [0, 0.05) is 6.20 Å². The Morgan fingerprint density at radius 2 is 1.87 bits per heavy atom. The van der Waals surface area contributed by atoms with E-state index < -0.39 is 35.7 Å². The highest BCUT2D eigenvalue weighted by Crippen LogP contribution is 2.30. The van der Waals surface area contributed by atoms with Gasteiger partial charge in [-0.25, -0.2) is 13.8 Å². The van der Waals surface area contributed by atoms with Gasteiger partial charge in [0.1, 0.15) is 17.2 Å². The molecule has 7 nitrogen and oxygen atoms in total. The summed E-state index contributed by atoms with van der Waals surface area (Å²) >= 11 is 0. The van der Waals surface area contributed by atoms with Crippen molar-refractivity contribution < 1.29 is 36.6 Å². The SMILES string of the molecule is Nc1cc(C(=O)NC(c2ccc(OC(F)(F)F)c(F)c2)c2ncccc2F)ncc1O. The van der Waals surface area contributed by atoms with Crippen molar-refractivity contribution in [2.75, 3.05) is 5.73 Å². The van der Waals surface area contributed by atoms with Crippen LogP contribution in [-0.2, 0) is 0 Å². The summed E-state index contributed by atoms with van der Waals surface area (Å²) in [4.78, 5) is 20.1. The highest BCUT2D eigenvalue weighted by Gasteiger charge is 2.33. The fourth-order valence-corrected chi connectivity index (χ4v) is 2.62. The summed E-state index contributed by atoms with van der Waals surface area (Å²) in [7, 11) is 0. The number of nitrogens with two attached hydrogens (primary N) is 1. The summed E-state index contributed by atoms with van der Waals surface area (Å²) < 4.78 is 69.3. The number of anilines is 1. The molecular formula is C19H13F5N4O3. The van der Waals surface area contributed by atoms with Crippen LogP contribution in [0.25, 0.3) is 0 Å². The second kappa shape index (κ2) is 8.42. The number of nitrogens with zero attached hydrogens (tertiary/aromatic N) is 2. The zero-order valence-electron chi connectivity index (χ0n) is 15.3. The number of carbonyl (C=O) groups is 1. The smallest absolute Gasteiger partial charge is 0.504 e. The molecule has 1 atom stereocenters. The molecule has 0 fully saturated rings. The van der Waals surface area contributed by atoms with Crippen LogP contribution in [0.3, 0.4) is 0 Å². The van der Waals surface area contributed by atoms with E-state index >= 15 is 0 Å². The largest absolute Gasteiger partial charge is 0.573 e. The number of nitrogen functional groups attached to an aromatic ring is 1. The zero-order chi connectivity index (χ0) is 22.8. The molecule has 2 heterocycles. The fourth-order valence-electron chi connectivity index (χ4n) is 2.62. The van der Waals surface area contributed by atoms with Crippen LogP contribution in [0.5, 0.6) is 11.5 Å². The quantitative estimate of drug-likeness (QED) is 0.524. The lowest BCUT2D eigenvalue weighted by Gasteiger charge is -2.20. The van der Waals surface area contributed by atoms with E-state index in [-0.39, 0.29) is 28.4 Å². The molecule has 0 saturated carbocycles. The van der Waals surface area contributed by atoms with Crippen LogP contribution in [0, 0.1) is 11.6 Å². The number of pyridine rings is 2. The molecule has 12 heteroatoms. The number of hydrogen-bond donors (Lipinski definition) is 3. The van der Waals surface area contributed by atoms with E-state index in [0.717, 1.165) is 24.4 Å². The van der Waals surface area contributed by atoms with E-state index in [0.29, 0.717) is 12.1 Å². The number of halogens is 5. The number of benzene rings is 1. The second-order valence-electron chi connectivity index (χ2n) is 6.14. The molecule has 0 radical (unpaired) electrons. The Balaban J connectivity index is 1.99. The maximum absolute atomic E-state index is 14.3. The topological polar surface area (TPSA) is 110 Å². The highest BCUT2D eigenvalue weighted by molar-refractivity contribution is 5.93. The van der Waals surface area contributed by atoms with Gasteiger partial charge in [0.05, 0.1) is 17.9 Å². The Labute approximate surface area is 171 Å². The van der Waals surface area contributed by atoms with Gasteiger partial charge >= 0.3 is 6.36 Å². The van der Waals surface area contributed by atoms with Crippen molar-refractivity contribution in [3.63, 3.8) is 0 Å². The third kappa shape index (κ3) is 5.15. The van der Waals surface area contributed by atoms with Gasteiger partial charge in [-0.05, 0) is 35.9 Å². The number of amides is 1. The van der Waals surface area contributed by atoms with Crippen molar-refractivity contribution in [1.82, 2.24) is 15.3 Å². The number of hydrogen-bond acceptors (Lipinski definition) is 6. The number of rotatable bonds is 5. The summed E-state index contributed by atoms with van der Waals surface area (Å²) in [6.07, 6.45) is -2.98. The number of nitrogens with one attached hydrogen (secondary N) is 1. The Bertz CT molecular complexity index is 1120. The van der Waals surface area contributed by atoms with Crippen LogP contribution in [0.15, 0.2) is 48.8 Å². The summed E-state index contributed by atoms with van der Waals surface area (Å²) in [5, 5.41) is 11.8. The molecule has 0 aliphatic heterocycles. The molecule has 1 aromatic carbocycles. The van der Waals surface area contributed by atoms with E-state index in [1.807, 2.05) is 0 Å². The van der Waals surface area contributed by atoms with Crippen molar-refractivity contribution in [1.29, 1.82) is 0 Å². The second-order valence-corrected chi connectivity index (χ2v) is 6.14. The van der Waals surface area contributed by atoms with E-state index in [4.69, 9.17) is 5.73 Å². The van der Waals surface area contributed by atoms with Crippen LogP contribution in [0.2, 0.25) is 0 Å². The molecule has 0 aliphatic rings. The maximum Gasteiger partial charge on any atom is 0.573 e. The van der Waals surface area contributed by atoms with Gasteiger partial charge in [0.15, 0.2) is 17.3 Å². The van der Waals surface area contributed by atoms with Gasteiger partial charge in [-0.1, -0.05) is 6.07 Å². The lowest BCUT2D eigenvalue weighted by Crippen LogP contribution is -2.31. The molecule has 2 aromatic heterocycles. The third-order valence-electron chi connectivity index (χ3n) is 4.00. The number of carbonyl (C=O) groups excluding carboxylic acids is 1. The molecule has 31 heavy (non-hydrogen) atoms. The van der Waals surface area contributed by atoms with Crippen molar-refractivity contribution in [3.8, 4) is 11.5 Å². The van der Waals surface area contributed by atoms with Crippen LogP contribution < -0.4 is 15.8 Å². The highest BCUT2D eigenvalue weighted by atomic mass is 19.4. The number of aromatic nitrogens is 2. The molecule has 4 N–H and O–H groups in total. The minimum absolute atomic E-state index is 0.121. The van der Waals surface area contributed by atoms with Gasteiger partial charge in [0.25, 0.3) is 5.91 Å².